The van der Waals surface area contributed by atoms with Gasteiger partial charge in [-0.15, -0.1) is 16.4 Å². The van der Waals surface area contributed by atoms with Crippen molar-refractivity contribution in [1.82, 2.24) is 29.4 Å². The van der Waals surface area contributed by atoms with Gasteiger partial charge in [0.2, 0.25) is 0 Å². The molecule has 0 aliphatic rings. The van der Waals surface area contributed by atoms with Crippen molar-refractivity contribution < 1.29 is 0 Å². The third-order valence-electron chi connectivity index (χ3n) is 3.62. The van der Waals surface area contributed by atoms with E-state index in [0.717, 1.165) is 27.3 Å². The summed E-state index contributed by atoms with van der Waals surface area (Å²) in [5.41, 5.74) is 3.25. The molecule has 0 spiro atoms. The standard InChI is InChI=1S/C14H14N6S/c1-8-4-16-19(5-8)6-11-17-13-12-9(2)10(3)21-14(12)15-7-20(13)18-11/h4-5,7H,6H2,1-3H3. The van der Waals surface area contributed by atoms with Crippen LogP contribution in [0.5, 0.6) is 0 Å². The van der Waals surface area contributed by atoms with E-state index in [1.165, 1.54) is 10.4 Å². The van der Waals surface area contributed by atoms with Crippen LogP contribution in [0.15, 0.2) is 18.7 Å². The van der Waals surface area contributed by atoms with Crippen molar-refractivity contribution in [2.24, 2.45) is 0 Å². The molecule has 0 unspecified atom stereocenters. The Hall–Kier alpha value is -2.28. The Kier molecular flexibility index (Phi) is 2.58. The molecule has 0 N–H and O–H groups in total. The van der Waals surface area contributed by atoms with Gasteiger partial charge >= 0.3 is 0 Å². The molecule has 0 fully saturated rings. The van der Waals surface area contributed by atoms with E-state index < -0.39 is 0 Å². The summed E-state index contributed by atoms with van der Waals surface area (Å²) in [6, 6.07) is 0. The van der Waals surface area contributed by atoms with Crippen LogP contribution in [0.4, 0.5) is 0 Å². The van der Waals surface area contributed by atoms with Crippen molar-refractivity contribution in [1.29, 1.82) is 0 Å². The lowest BCUT2D eigenvalue weighted by Gasteiger charge is -1.94. The lowest BCUT2D eigenvalue weighted by molar-refractivity contribution is 0.653. The van der Waals surface area contributed by atoms with Crippen LogP contribution in [-0.2, 0) is 6.54 Å². The van der Waals surface area contributed by atoms with Gasteiger partial charge in [-0.1, -0.05) is 0 Å². The zero-order valence-electron chi connectivity index (χ0n) is 12.0. The van der Waals surface area contributed by atoms with Crippen LogP contribution in [0.2, 0.25) is 0 Å². The van der Waals surface area contributed by atoms with Crippen molar-refractivity contribution in [3.63, 3.8) is 0 Å². The van der Waals surface area contributed by atoms with Gasteiger partial charge in [-0.25, -0.2) is 14.5 Å². The minimum atomic E-state index is 0.569. The Balaban J connectivity index is 1.87. The van der Waals surface area contributed by atoms with Gasteiger partial charge in [-0.2, -0.15) is 5.10 Å². The number of aryl methyl sites for hydroxylation is 3. The van der Waals surface area contributed by atoms with E-state index in [2.05, 4.69) is 34.0 Å². The molecular weight excluding hydrogens is 284 g/mol. The van der Waals surface area contributed by atoms with Gasteiger partial charge in [-0.3, -0.25) is 4.68 Å². The van der Waals surface area contributed by atoms with Crippen LogP contribution in [0.1, 0.15) is 21.8 Å². The minimum absolute atomic E-state index is 0.569. The molecule has 0 atom stereocenters. The van der Waals surface area contributed by atoms with Gasteiger partial charge in [0.05, 0.1) is 11.6 Å². The van der Waals surface area contributed by atoms with Crippen molar-refractivity contribution >= 4 is 27.2 Å². The molecule has 4 rings (SSSR count). The Labute approximate surface area is 125 Å². The summed E-state index contributed by atoms with van der Waals surface area (Å²) in [5.74, 6) is 0.746. The van der Waals surface area contributed by atoms with E-state index in [4.69, 9.17) is 0 Å². The molecule has 0 bridgehead atoms. The number of nitrogens with zero attached hydrogens (tertiary/aromatic N) is 6. The summed E-state index contributed by atoms with van der Waals surface area (Å²) in [4.78, 5) is 11.4. The molecule has 0 saturated carbocycles. The number of hydrogen-bond donors (Lipinski definition) is 0. The molecule has 0 amide bonds. The van der Waals surface area contributed by atoms with Crippen molar-refractivity contribution in [3.05, 3.63) is 40.5 Å². The Morgan fingerprint density at radius 2 is 2.10 bits per heavy atom. The van der Waals surface area contributed by atoms with Gasteiger partial charge in [-0.05, 0) is 31.9 Å². The quantitative estimate of drug-likeness (QED) is 0.570. The fourth-order valence-corrected chi connectivity index (χ4v) is 3.45. The number of thiophene rings is 1. The van der Waals surface area contributed by atoms with Crippen LogP contribution in [0.25, 0.3) is 15.9 Å². The molecule has 6 nitrogen and oxygen atoms in total. The summed E-state index contributed by atoms with van der Waals surface area (Å²) in [7, 11) is 0. The highest BCUT2D eigenvalue weighted by Gasteiger charge is 2.14. The molecule has 4 aromatic rings. The molecule has 0 aromatic carbocycles. The number of aromatic nitrogens is 6. The van der Waals surface area contributed by atoms with Crippen LogP contribution >= 0.6 is 11.3 Å². The fraction of sp³-hybridized carbons (Fsp3) is 0.286. The Morgan fingerprint density at radius 1 is 1.24 bits per heavy atom. The first kappa shape index (κ1) is 12.5. The highest BCUT2D eigenvalue weighted by molar-refractivity contribution is 7.18. The average molecular weight is 298 g/mol. The SMILES string of the molecule is Cc1cnn(Cc2nc3c4c(C)c(C)sc4ncn3n2)c1. The topological polar surface area (TPSA) is 60.9 Å². The second kappa shape index (κ2) is 4.36. The van der Waals surface area contributed by atoms with Crippen molar-refractivity contribution in [2.45, 2.75) is 27.3 Å². The zero-order valence-corrected chi connectivity index (χ0v) is 12.8. The number of hydrogen-bond acceptors (Lipinski definition) is 5. The van der Waals surface area contributed by atoms with E-state index in [-0.39, 0.29) is 0 Å². The maximum Gasteiger partial charge on any atom is 0.173 e. The molecular formula is C14H14N6S. The van der Waals surface area contributed by atoms with E-state index >= 15 is 0 Å². The van der Waals surface area contributed by atoms with Gasteiger partial charge in [0.25, 0.3) is 0 Å². The van der Waals surface area contributed by atoms with E-state index in [9.17, 15) is 0 Å². The van der Waals surface area contributed by atoms with Crippen molar-refractivity contribution in [2.75, 3.05) is 0 Å². The summed E-state index contributed by atoms with van der Waals surface area (Å²) in [6.07, 6.45) is 5.55. The summed E-state index contributed by atoms with van der Waals surface area (Å²) < 4.78 is 3.60. The van der Waals surface area contributed by atoms with Gasteiger partial charge < -0.3 is 0 Å². The first-order valence-electron chi connectivity index (χ1n) is 6.71. The van der Waals surface area contributed by atoms with Crippen molar-refractivity contribution in [3.8, 4) is 0 Å². The summed E-state index contributed by atoms with van der Waals surface area (Å²) >= 11 is 1.70. The van der Waals surface area contributed by atoms with E-state index in [0.29, 0.717) is 6.54 Å². The van der Waals surface area contributed by atoms with Crippen LogP contribution in [-0.4, -0.2) is 29.4 Å². The molecule has 7 heteroatoms. The van der Waals surface area contributed by atoms with Gasteiger partial charge in [0, 0.05) is 11.1 Å². The van der Waals surface area contributed by atoms with Gasteiger partial charge in [0.15, 0.2) is 11.5 Å². The normalized spacial score (nSPS) is 11.8. The second-order valence-corrected chi connectivity index (χ2v) is 6.42. The smallest absolute Gasteiger partial charge is 0.173 e. The number of rotatable bonds is 2. The van der Waals surface area contributed by atoms with E-state index in [1.54, 1.807) is 22.2 Å². The number of fused-ring (bicyclic) bond motifs is 3. The van der Waals surface area contributed by atoms with Crippen LogP contribution in [0, 0.1) is 20.8 Å². The molecule has 0 aliphatic heterocycles. The van der Waals surface area contributed by atoms with E-state index in [1.807, 2.05) is 24.0 Å². The highest BCUT2D eigenvalue weighted by atomic mass is 32.1. The molecule has 4 heterocycles. The highest BCUT2D eigenvalue weighted by Crippen LogP contribution is 2.30. The Bertz CT molecular complexity index is 961. The Morgan fingerprint density at radius 3 is 2.86 bits per heavy atom. The minimum Gasteiger partial charge on any atom is -0.265 e. The fourth-order valence-electron chi connectivity index (χ4n) is 2.45. The zero-order chi connectivity index (χ0) is 14.6. The molecule has 0 saturated heterocycles. The third-order valence-corrected chi connectivity index (χ3v) is 4.73. The second-order valence-electron chi connectivity index (χ2n) is 5.22. The maximum atomic E-state index is 4.68. The van der Waals surface area contributed by atoms with Crippen LogP contribution < -0.4 is 0 Å². The lowest BCUT2D eigenvalue weighted by atomic mass is 10.2. The summed E-state index contributed by atoms with van der Waals surface area (Å²) in [6.45, 7) is 6.81. The molecule has 0 radical (unpaired) electrons. The molecule has 0 aliphatic carbocycles. The van der Waals surface area contributed by atoms with Crippen LogP contribution in [0.3, 0.4) is 0 Å². The first-order chi connectivity index (χ1) is 10.1. The predicted octanol–water partition coefficient (Wildman–Crippen LogP) is 2.51. The lowest BCUT2D eigenvalue weighted by Crippen LogP contribution is -2.02. The van der Waals surface area contributed by atoms with Gasteiger partial charge in [0.1, 0.15) is 17.7 Å². The largest absolute Gasteiger partial charge is 0.265 e. The predicted molar refractivity (Wildman–Crippen MR) is 81.7 cm³/mol. The first-order valence-corrected chi connectivity index (χ1v) is 7.52. The third kappa shape index (κ3) is 1.92. The molecule has 106 valence electrons. The summed E-state index contributed by atoms with van der Waals surface area (Å²) in [5, 5.41) is 9.89. The maximum absolute atomic E-state index is 4.68. The monoisotopic (exact) mass is 298 g/mol. The average Bonchev–Trinajstić information content (AvgIpc) is 3.10. The molecule has 4 aromatic heterocycles. The molecule has 21 heavy (non-hydrogen) atoms.